The summed E-state index contributed by atoms with van der Waals surface area (Å²) < 4.78 is 4.95. The first-order valence-corrected chi connectivity index (χ1v) is 3.67. The van der Waals surface area contributed by atoms with Crippen molar-refractivity contribution in [2.75, 3.05) is 0 Å². The van der Waals surface area contributed by atoms with E-state index in [4.69, 9.17) is 21.1 Å². The van der Waals surface area contributed by atoms with Crippen molar-refractivity contribution in [3.63, 3.8) is 0 Å². The third kappa shape index (κ3) is 1.64. The lowest BCUT2D eigenvalue weighted by Crippen LogP contribution is -1.89. The van der Waals surface area contributed by atoms with Crippen molar-refractivity contribution in [2.45, 2.75) is 12.0 Å². The lowest BCUT2D eigenvalue weighted by Gasteiger charge is -2.00. The van der Waals surface area contributed by atoms with Crippen LogP contribution in [0.25, 0.3) is 0 Å². The average molecular weight is 173 g/mol. The molecule has 1 atom stereocenters. The van der Waals surface area contributed by atoms with Gasteiger partial charge in [0, 0.05) is 5.56 Å². The number of hydrogen-bond acceptors (Lipinski definition) is 2. The lowest BCUT2D eigenvalue weighted by molar-refractivity contribution is 0.245. The predicted octanol–water partition coefficient (Wildman–Crippen LogP) is 2.24. The van der Waals surface area contributed by atoms with Crippen molar-refractivity contribution in [1.29, 1.82) is 0 Å². The van der Waals surface area contributed by atoms with Crippen LogP contribution in [0, 0.1) is 0 Å². The van der Waals surface area contributed by atoms with E-state index in [1.807, 2.05) is 0 Å². The van der Waals surface area contributed by atoms with Crippen LogP contribution in [0.2, 0.25) is 0 Å². The van der Waals surface area contributed by atoms with Gasteiger partial charge >= 0.3 is 0 Å². The molecule has 0 aliphatic rings. The van der Waals surface area contributed by atoms with Gasteiger partial charge in [-0.2, -0.15) is 0 Å². The highest BCUT2D eigenvalue weighted by molar-refractivity contribution is 6.22. The molecule has 1 aromatic rings. The van der Waals surface area contributed by atoms with Crippen LogP contribution in [0.5, 0.6) is 0 Å². The maximum Gasteiger partial charge on any atom is 0.134 e. The van der Waals surface area contributed by atoms with Crippen molar-refractivity contribution in [3.05, 3.63) is 36.3 Å². The van der Waals surface area contributed by atoms with E-state index in [-0.39, 0.29) is 12.0 Å². The van der Waals surface area contributed by atoms with Gasteiger partial charge in [0.05, 0.1) is 11.6 Å². The molecule has 0 bridgehead atoms. The van der Waals surface area contributed by atoms with Gasteiger partial charge in [0.2, 0.25) is 0 Å². The summed E-state index contributed by atoms with van der Waals surface area (Å²) in [6.45, 7) is 3.41. The fraction of sp³-hybridized carbons (Fsp3) is 0.250. The van der Waals surface area contributed by atoms with Gasteiger partial charge < -0.3 is 9.52 Å². The van der Waals surface area contributed by atoms with Crippen molar-refractivity contribution in [1.82, 2.24) is 0 Å². The number of hydrogen-bond donors (Lipinski definition) is 1. The van der Waals surface area contributed by atoms with Crippen LogP contribution in [-0.2, 0) is 6.61 Å². The number of furan rings is 1. The number of aliphatic hydroxyl groups is 1. The number of rotatable bonds is 3. The highest BCUT2D eigenvalue weighted by Crippen LogP contribution is 2.25. The summed E-state index contributed by atoms with van der Waals surface area (Å²) >= 11 is 5.83. The molecule has 1 unspecified atom stereocenters. The van der Waals surface area contributed by atoms with E-state index in [0.29, 0.717) is 5.76 Å². The highest BCUT2D eigenvalue weighted by atomic mass is 35.5. The van der Waals surface area contributed by atoms with E-state index in [1.54, 1.807) is 12.1 Å². The second-order valence-electron chi connectivity index (χ2n) is 2.09. The van der Waals surface area contributed by atoms with E-state index in [9.17, 15) is 0 Å². The van der Waals surface area contributed by atoms with Gasteiger partial charge in [-0.25, -0.2) is 0 Å². The molecule has 1 heterocycles. The van der Waals surface area contributed by atoms with Gasteiger partial charge in [0.1, 0.15) is 12.4 Å². The zero-order chi connectivity index (χ0) is 8.27. The Hall–Kier alpha value is -0.730. The SMILES string of the molecule is C=CC(Cl)c1ccoc1CO. The zero-order valence-corrected chi connectivity index (χ0v) is 6.71. The molecule has 1 aromatic heterocycles. The van der Waals surface area contributed by atoms with Gasteiger partial charge in [0.25, 0.3) is 0 Å². The summed E-state index contributed by atoms with van der Waals surface area (Å²) in [5.41, 5.74) is 0.782. The summed E-state index contributed by atoms with van der Waals surface area (Å²) in [5.74, 6) is 0.505. The monoisotopic (exact) mass is 172 g/mol. The molecule has 0 radical (unpaired) electrons. The Morgan fingerprint density at radius 2 is 2.55 bits per heavy atom. The molecule has 1 N–H and O–H groups in total. The highest BCUT2D eigenvalue weighted by Gasteiger charge is 2.10. The van der Waals surface area contributed by atoms with Crippen LogP contribution < -0.4 is 0 Å². The number of alkyl halides is 1. The van der Waals surface area contributed by atoms with E-state index in [2.05, 4.69) is 6.58 Å². The fourth-order valence-electron chi connectivity index (χ4n) is 0.852. The third-order valence-electron chi connectivity index (χ3n) is 1.43. The van der Waals surface area contributed by atoms with Crippen molar-refractivity contribution in [3.8, 4) is 0 Å². The average Bonchev–Trinajstić information content (AvgIpc) is 2.50. The molecular weight excluding hydrogens is 164 g/mol. The molecule has 0 amide bonds. The number of allylic oxidation sites excluding steroid dienone is 1. The molecule has 60 valence electrons. The van der Waals surface area contributed by atoms with Crippen molar-refractivity contribution in [2.24, 2.45) is 0 Å². The van der Waals surface area contributed by atoms with Gasteiger partial charge in [-0.3, -0.25) is 0 Å². The summed E-state index contributed by atoms with van der Waals surface area (Å²) in [4.78, 5) is 0. The molecule has 0 aliphatic carbocycles. The normalized spacial score (nSPS) is 12.9. The molecule has 0 spiro atoms. The number of aliphatic hydroxyl groups excluding tert-OH is 1. The summed E-state index contributed by atoms with van der Waals surface area (Å²) in [6.07, 6.45) is 3.09. The third-order valence-corrected chi connectivity index (χ3v) is 1.84. The molecular formula is C8H9ClO2. The predicted molar refractivity (Wildman–Crippen MR) is 43.4 cm³/mol. The Kier molecular flexibility index (Phi) is 2.74. The Balaban J connectivity index is 2.91. The van der Waals surface area contributed by atoms with Gasteiger partial charge in [-0.05, 0) is 6.07 Å². The largest absolute Gasteiger partial charge is 0.467 e. The topological polar surface area (TPSA) is 33.4 Å². The molecule has 0 saturated heterocycles. The molecule has 11 heavy (non-hydrogen) atoms. The first-order chi connectivity index (χ1) is 5.29. The molecule has 0 aliphatic heterocycles. The minimum atomic E-state index is -0.282. The van der Waals surface area contributed by atoms with E-state index in [1.165, 1.54) is 6.26 Å². The van der Waals surface area contributed by atoms with E-state index in [0.717, 1.165) is 5.56 Å². The van der Waals surface area contributed by atoms with Crippen LogP contribution in [-0.4, -0.2) is 5.11 Å². The Bertz CT molecular complexity index is 242. The van der Waals surface area contributed by atoms with E-state index >= 15 is 0 Å². The standard InChI is InChI=1S/C8H9ClO2/c1-2-7(9)6-3-4-11-8(6)5-10/h2-4,7,10H,1,5H2. The van der Waals surface area contributed by atoms with Crippen molar-refractivity contribution < 1.29 is 9.52 Å². The Morgan fingerprint density at radius 3 is 3.09 bits per heavy atom. The van der Waals surface area contributed by atoms with Crippen LogP contribution in [0.3, 0.4) is 0 Å². The molecule has 0 saturated carbocycles. The smallest absolute Gasteiger partial charge is 0.134 e. The van der Waals surface area contributed by atoms with Gasteiger partial charge in [0.15, 0.2) is 0 Å². The van der Waals surface area contributed by atoms with Gasteiger partial charge in [-0.15, -0.1) is 18.2 Å². The zero-order valence-electron chi connectivity index (χ0n) is 5.96. The van der Waals surface area contributed by atoms with E-state index < -0.39 is 0 Å². The minimum absolute atomic E-state index is 0.126. The quantitative estimate of drug-likeness (QED) is 0.561. The van der Waals surface area contributed by atoms with Gasteiger partial charge in [-0.1, -0.05) is 6.08 Å². The number of halogens is 1. The lowest BCUT2D eigenvalue weighted by atomic mass is 10.2. The first kappa shape index (κ1) is 8.37. The Labute approximate surface area is 70.1 Å². The molecule has 3 heteroatoms. The first-order valence-electron chi connectivity index (χ1n) is 3.23. The van der Waals surface area contributed by atoms with Crippen molar-refractivity contribution >= 4 is 11.6 Å². The maximum atomic E-state index is 8.77. The Morgan fingerprint density at radius 1 is 1.82 bits per heavy atom. The molecule has 2 nitrogen and oxygen atoms in total. The minimum Gasteiger partial charge on any atom is -0.467 e. The summed E-state index contributed by atoms with van der Waals surface area (Å²) in [5, 5.41) is 8.48. The maximum absolute atomic E-state index is 8.77. The fourth-order valence-corrected chi connectivity index (χ4v) is 1.05. The summed E-state index contributed by atoms with van der Waals surface area (Å²) in [7, 11) is 0. The second kappa shape index (κ2) is 3.60. The summed E-state index contributed by atoms with van der Waals surface area (Å²) in [6, 6.07) is 1.73. The van der Waals surface area contributed by atoms with Crippen LogP contribution in [0.15, 0.2) is 29.4 Å². The van der Waals surface area contributed by atoms with Crippen LogP contribution in [0.4, 0.5) is 0 Å². The second-order valence-corrected chi connectivity index (χ2v) is 2.56. The molecule has 1 rings (SSSR count). The molecule has 0 aromatic carbocycles. The van der Waals surface area contributed by atoms with Crippen LogP contribution >= 0.6 is 11.6 Å². The van der Waals surface area contributed by atoms with Crippen LogP contribution in [0.1, 0.15) is 16.7 Å². The molecule has 0 fully saturated rings.